The second-order valence-corrected chi connectivity index (χ2v) is 5.00. The fourth-order valence-electron chi connectivity index (χ4n) is 1.80. The van der Waals surface area contributed by atoms with Gasteiger partial charge in [0, 0.05) is 5.56 Å². The summed E-state index contributed by atoms with van der Waals surface area (Å²) in [4.78, 5) is 30.4. The molecule has 0 aliphatic heterocycles. The molecule has 0 aliphatic carbocycles. The number of benzene rings is 1. The van der Waals surface area contributed by atoms with Crippen LogP contribution in [-0.4, -0.2) is 28.1 Å². The third kappa shape index (κ3) is 4.45. The largest absolute Gasteiger partial charge is 0.361 e. The molecule has 1 aromatic carbocycles. The van der Waals surface area contributed by atoms with Crippen molar-refractivity contribution in [1.29, 1.82) is 0 Å². The molecule has 1 aromatic rings. The van der Waals surface area contributed by atoms with Gasteiger partial charge in [-0.2, -0.15) is 4.79 Å². The molecule has 0 N–H and O–H groups in total. The van der Waals surface area contributed by atoms with Gasteiger partial charge in [-0.3, -0.25) is 9.59 Å². The predicted molar refractivity (Wildman–Crippen MR) is 87.2 cm³/mol. The van der Waals surface area contributed by atoms with Crippen molar-refractivity contribution in [3.05, 3.63) is 63.0 Å². The molecule has 5 nitrogen and oxygen atoms in total. The van der Waals surface area contributed by atoms with E-state index < -0.39 is 11.3 Å². The van der Waals surface area contributed by atoms with Crippen LogP contribution in [0, 0.1) is 6.57 Å². The molecule has 0 unspecified atom stereocenters. The zero-order chi connectivity index (χ0) is 15.7. The van der Waals surface area contributed by atoms with Crippen molar-refractivity contribution in [3.63, 3.8) is 0 Å². The highest BCUT2D eigenvalue weighted by Crippen LogP contribution is 2.25. The summed E-state index contributed by atoms with van der Waals surface area (Å²) in [5, 5.41) is 0. The third-order valence-corrected chi connectivity index (χ3v) is 3.45. The van der Waals surface area contributed by atoms with Gasteiger partial charge in [0.2, 0.25) is 0 Å². The van der Waals surface area contributed by atoms with Crippen LogP contribution in [-0.2, 0) is 4.79 Å². The normalized spacial score (nSPS) is 13.0. The summed E-state index contributed by atoms with van der Waals surface area (Å²) in [5.74, 6) is -0.980. The van der Waals surface area contributed by atoms with E-state index in [1.807, 2.05) is 22.6 Å². The van der Waals surface area contributed by atoms with Gasteiger partial charge in [-0.25, -0.2) is 6.57 Å². The average molecular weight is 393 g/mol. The first-order chi connectivity index (χ1) is 10.1. The molecule has 0 amide bonds. The van der Waals surface area contributed by atoms with E-state index in [9.17, 15) is 9.59 Å². The minimum Gasteiger partial charge on any atom is -0.361 e. The number of ketones is 2. The fourth-order valence-corrected chi connectivity index (χ4v) is 2.06. The topological polar surface area (TPSA) is 74.9 Å². The number of hydrogen-bond acceptors (Lipinski definition) is 2. The molecule has 0 bridgehead atoms. The number of carbonyl (C=O) groups is 2. The Labute approximate surface area is 136 Å². The van der Waals surface area contributed by atoms with Crippen LogP contribution in [0.3, 0.4) is 0 Å². The molecule has 0 aliphatic rings. The summed E-state index contributed by atoms with van der Waals surface area (Å²) in [7, 11) is 0. The molecule has 0 aromatic heterocycles. The van der Waals surface area contributed by atoms with Crippen molar-refractivity contribution in [1.82, 2.24) is 0 Å². The number of rotatable bonds is 7. The number of nitrogens with zero attached hydrogens (tertiary/aromatic N) is 3. The lowest BCUT2D eigenvalue weighted by atomic mass is 9.84. The third-order valence-electron chi connectivity index (χ3n) is 2.94. The van der Waals surface area contributed by atoms with Gasteiger partial charge in [0.05, 0.1) is 12.8 Å². The molecular weight excluding hydrogens is 381 g/mol. The van der Waals surface area contributed by atoms with Crippen LogP contribution in [0.1, 0.15) is 23.2 Å². The highest BCUT2D eigenvalue weighted by atomic mass is 127. The summed E-state index contributed by atoms with van der Waals surface area (Å²) in [6.07, 6.45) is 2.15. The lowest BCUT2D eigenvalue weighted by molar-refractivity contribution is -0.119. The average Bonchev–Trinajstić information content (AvgIpc) is 2.52. The van der Waals surface area contributed by atoms with Gasteiger partial charge in [0.25, 0.3) is 0 Å². The second-order valence-electron chi connectivity index (χ2n) is 4.28. The Morgan fingerprint density at radius 3 is 2.52 bits per heavy atom. The molecule has 0 saturated heterocycles. The van der Waals surface area contributed by atoms with E-state index in [1.54, 1.807) is 40.5 Å². The zero-order valence-corrected chi connectivity index (χ0v) is 13.2. The zero-order valence-electron chi connectivity index (χ0n) is 11.1. The van der Waals surface area contributed by atoms with Gasteiger partial charge in [-0.15, -0.1) is 0 Å². The van der Waals surface area contributed by atoms with Crippen LogP contribution < -0.4 is 0 Å². The molecule has 1 atom stereocenters. The minimum atomic E-state index is -1.57. The number of Topliss-reactive ketones (excluding diaryl/α,β-unsaturated/α-hetero) is 2. The van der Waals surface area contributed by atoms with E-state index in [-0.39, 0.29) is 18.6 Å². The monoisotopic (exact) mass is 393 g/mol. The highest BCUT2D eigenvalue weighted by Gasteiger charge is 2.47. The molecule has 0 heterocycles. The van der Waals surface area contributed by atoms with Crippen LogP contribution in [0.2, 0.25) is 0 Å². The van der Waals surface area contributed by atoms with Gasteiger partial charge in [-0.05, 0) is 4.08 Å². The molecule has 106 valence electrons. The molecule has 0 spiro atoms. The molecular formula is C15H12IN3O2. The Kier molecular flexibility index (Phi) is 6.66. The van der Waals surface area contributed by atoms with Gasteiger partial charge in [0.15, 0.2) is 5.78 Å². The van der Waals surface area contributed by atoms with Crippen molar-refractivity contribution < 1.29 is 14.4 Å². The van der Waals surface area contributed by atoms with Gasteiger partial charge in [0.1, 0.15) is 0 Å². The number of halogens is 1. The Morgan fingerprint density at radius 2 is 2.00 bits per heavy atom. The van der Waals surface area contributed by atoms with E-state index in [1.165, 1.54) is 0 Å². The number of carbonyl (C=O) groups excluding carboxylic acids is 2. The van der Waals surface area contributed by atoms with Crippen LogP contribution in [0.15, 0.2) is 40.5 Å². The summed E-state index contributed by atoms with van der Waals surface area (Å²) in [6.45, 7) is 7.32. The first kappa shape index (κ1) is 17.0. The Hall–Kier alpha value is -2.10. The van der Waals surface area contributed by atoms with Crippen LogP contribution in [0.25, 0.3) is 10.4 Å². The van der Waals surface area contributed by atoms with E-state index in [0.717, 1.165) is 0 Å². The Morgan fingerprint density at radius 1 is 1.33 bits per heavy atom. The summed E-state index contributed by atoms with van der Waals surface area (Å²) in [6, 6.07) is 8.48. The van der Waals surface area contributed by atoms with Gasteiger partial charge < -0.3 is 10.4 Å². The smallest absolute Gasteiger partial charge is 0.331 e. The van der Waals surface area contributed by atoms with Gasteiger partial charge >= 0.3 is 17.5 Å². The van der Waals surface area contributed by atoms with Crippen molar-refractivity contribution in [2.45, 2.75) is 18.4 Å². The summed E-state index contributed by atoms with van der Waals surface area (Å²) < 4.78 is 1.67. The van der Waals surface area contributed by atoms with Gasteiger partial charge in [-0.1, -0.05) is 59.0 Å². The van der Waals surface area contributed by atoms with E-state index in [2.05, 4.69) is 9.63 Å². The first-order valence-electron chi connectivity index (χ1n) is 6.03. The van der Waals surface area contributed by atoms with Crippen LogP contribution >= 0.6 is 22.6 Å². The molecule has 0 fully saturated rings. The second kappa shape index (κ2) is 8.25. The SMILES string of the molecule is [C-]#[N+][C@](C/C=C/I)(CC(=O)c1ccccc1)C(=O)C=[N+]=[N-]. The molecule has 21 heavy (non-hydrogen) atoms. The molecule has 0 saturated carbocycles. The van der Waals surface area contributed by atoms with Crippen molar-refractivity contribution in [2.75, 3.05) is 0 Å². The lowest BCUT2D eigenvalue weighted by Crippen LogP contribution is -2.38. The first-order valence-corrected chi connectivity index (χ1v) is 7.28. The maximum absolute atomic E-state index is 12.3. The van der Waals surface area contributed by atoms with Crippen LogP contribution in [0.4, 0.5) is 0 Å². The molecule has 1 rings (SSSR count). The lowest BCUT2D eigenvalue weighted by Gasteiger charge is -2.15. The molecule has 6 heteroatoms. The van der Waals surface area contributed by atoms with E-state index >= 15 is 0 Å². The molecule has 0 radical (unpaired) electrons. The Balaban J connectivity index is 3.13. The Bertz CT molecular complexity index is 643. The fraction of sp³-hybridized carbons (Fsp3) is 0.200. The standard InChI is InChI=1S/C15H12IN3O2/c1-18-15(8-5-9-16,14(21)11-19-17)10-13(20)12-6-3-2-4-7-12/h2-7,9,11H,8,10H2/b9-5+/t15-/m1/s1. The van der Waals surface area contributed by atoms with E-state index in [4.69, 9.17) is 12.1 Å². The van der Waals surface area contributed by atoms with Crippen molar-refractivity contribution in [2.24, 2.45) is 0 Å². The van der Waals surface area contributed by atoms with E-state index in [0.29, 0.717) is 11.8 Å². The predicted octanol–water partition coefficient (Wildman–Crippen LogP) is 3.13. The summed E-state index contributed by atoms with van der Waals surface area (Å²) in [5.41, 5.74) is 7.39. The van der Waals surface area contributed by atoms with Crippen molar-refractivity contribution >= 4 is 40.4 Å². The number of hydrogen-bond donors (Lipinski definition) is 0. The summed E-state index contributed by atoms with van der Waals surface area (Å²) >= 11 is 1.97. The minimum absolute atomic E-state index is 0.0862. The van der Waals surface area contributed by atoms with Crippen LogP contribution in [0.5, 0.6) is 0 Å². The maximum Gasteiger partial charge on any atom is 0.331 e. The van der Waals surface area contributed by atoms with Crippen molar-refractivity contribution in [3.8, 4) is 0 Å². The maximum atomic E-state index is 12.3. The highest BCUT2D eigenvalue weighted by molar-refractivity contribution is 14.1. The quantitative estimate of drug-likeness (QED) is 0.178.